The van der Waals surface area contributed by atoms with Gasteiger partial charge >= 0.3 is 0 Å². The number of amides is 2. The van der Waals surface area contributed by atoms with Gasteiger partial charge in [-0.15, -0.1) is 0 Å². The lowest BCUT2D eigenvalue weighted by Gasteiger charge is -2.31. The lowest BCUT2D eigenvalue weighted by molar-refractivity contribution is -0.123. The quantitative estimate of drug-likeness (QED) is 0.601. The molecule has 1 heterocycles. The summed E-state index contributed by atoms with van der Waals surface area (Å²) < 4.78 is 0. The molecule has 19 heavy (non-hydrogen) atoms. The number of primary amides is 1. The molecule has 5 N–H and O–H groups in total. The van der Waals surface area contributed by atoms with Gasteiger partial charge in [0, 0.05) is 31.6 Å². The molecule has 0 saturated carbocycles. The molecule has 1 rings (SSSR count). The van der Waals surface area contributed by atoms with E-state index in [0.29, 0.717) is 18.9 Å². The molecule has 110 valence electrons. The van der Waals surface area contributed by atoms with Crippen LogP contribution in [0.4, 0.5) is 0 Å². The number of nitrogens with one attached hydrogen (secondary N) is 1. The minimum Gasteiger partial charge on any atom is -0.369 e. The van der Waals surface area contributed by atoms with Crippen LogP contribution in [0.3, 0.4) is 0 Å². The molecule has 1 fully saturated rings. The normalized spacial score (nSPS) is 19.4. The third kappa shape index (κ3) is 6.02. The fourth-order valence-corrected chi connectivity index (χ4v) is 2.19. The monoisotopic (exact) mass is 270 g/mol. The van der Waals surface area contributed by atoms with Crippen molar-refractivity contribution in [1.29, 1.82) is 0 Å². The maximum Gasteiger partial charge on any atom is 0.231 e. The largest absolute Gasteiger partial charge is 0.369 e. The number of carbonyl (C=O) groups is 2. The zero-order chi connectivity index (χ0) is 14.4. The molecule has 1 atom stereocenters. The molecule has 1 unspecified atom stereocenters. The standard InChI is InChI=1S/C13H26N4O2/c1-9(2)11(14)7-13(19)16-10-3-5-17(6-4-10)8-12(15)18/h9-11H,3-8,14H2,1-2H3,(H2,15,18)(H,16,19). The number of piperidine rings is 1. The van der Waals surface area contributed by atoms with Gasteiger partial charge in [-0.2, -0.15) is 0 Å². The first-order chi connectivity index (χ1) is 8.88. The second-order valence-corrected chi connectivity index (χ2v) is 5.70. The van der Waals surface area contributed by atoms with Crippen molar-refractivity contribution in [3.05, 3.63) is 0 Å². The van der Waals surface area contributed by atoms with E-state index in [1.807, 2.05) is 18.7 Å². The van der Waals surface area contributed by atoms with Crippen LogP contribution in [0.15, 0.2) is 0 Å². The molecule has 0 aromatic rings. The van der Waals surface area contributed by atoms with Gasteiger partial charge in [-0.25, -0.2) is 0 Å². The van der Waals surface area contributed by atoms with E-state index in [2.05, 4.69) is 5.32 Å². The number of carbonyl (C=O) groups excluding carboxylic acids is 2. The topological polar surface area (TPSA) is 101 Å². The van der Waals surface area contributed by atoms with Crippen LogP contribution in [0.25, 0.3) is 0 Å². The van der Waals surface area contributed by atoms with E-state index in [1.165, 1.54) is 0 Å². The van der Waals surface area contributed by atoms with Crippen molar-refractivity contribution in [2.75, 3.05) is 19.6 Å². The molecule has 6 heteroatoms. The van der Waals surface area contributed by atoms with Crippen LogP contribution in [0.1, 0.15) is 33.1 Å². The zero-order valence-electron chi connectivity index (χ0n) is 11.9. The highest BCUT2D eigenvalue weighted by atomic mass is 16.2. The smallest absolute Gasteiger partial charge is 0.231 e. The van der Waals surface area contributed by atoms with Crippen LogP contribution in [-0.4, -0.2) is 48.4 Å². The molecule has 2 amide bonds. The molecule has 0 radical (unpaired) electrons. The number of likely N-dealkylation sites (tertiary alicyclic amines) is 1. The SMILES string of the molecule is CC(C)C(N)CC(=O)NC1CCN(CC(N)=O)CC1. The van der Waals surface area contributed by atoms with Gasteiger partial charge in [0.05, 0.1) is 6.54 Å². The maximum atomic E-state index is 11.8. The predicted octanol–water partition coefficient (Wildman–Crippen LogP) is -0.574. The lowest BCUT2D eigenvalue weighted by Crippen LogP contribution is -2.47. The number of hydrogen-bond acceptors (Lipinski definition) is 4. The Labute approximate surface area is 114 Å². The summed E-state index contributed by atoms with van der Waals surface area (Å²) in [5.41, 5.74) is 11.0. The average Bonchev–Trinajstić information content (AvgIpc) is 2.30. The van der Waals surface area contributed by atoms with Crippen LogP contribution in [-0.2, 0) is 9.59 Å². The number of nitrogens with two attached hydrogens (primary N) is 2. The van der Waals surface area contributed by atoms with Crippen molar-refractivity contribution in [2.45, 2.75) is 45.2 Å². The van der Waals surface area contributed by atoms with Crippen molar-refractivity contribution in [1.82, 2.24) is 10.2 Å². The second kappa shape index (κ2) is 7.45. The average molecular weight is 270 g/mol. The Bertz CT molecular complexity index is 312. The highest BCUT2D eigenvalue weighted by Gasteiger charge is 2.22. The maximum absolute atomic E-state index is 11.8. The fraction of sp³-hybridized carbons (Fsp3) is 0.846. The van der Waals surface area contributed by atoms with Crippen molar-refractivity contribution < 1.29 is 9.59 Å². The van der Waals surface area contributed by atoms with Gasteiger partial charge in [-0.3, -0.25) is 14.5 Å². The summed E-state index contributed by atoms with van der Waals surface area (Å²) in [7, 11) is 0. The third-order valence-corrected chi connectivity index (χ3v) is 3.61. The zero-order valence-corrected chi connectivity index (χ0v) is 11.9. The Morgan fingerprint density at radius 3 is 2.37 bits per heavy atom. The summed E-state index contributed by atoms with van der Waals surface area (Å²) in [6.07, 6.45) is 2.09. The van der Waals surface area contributed by atoms with E-state index in [9.17, 15) is 9.59 Å². The molecular formula is C13H26N4O2. The van der Waals surface area contributed by atoms with Crippen molar-refractivity contribution in [3.63, 3.8) is 0 Å². The Balaban J connectivity index is 2.25. The summed E-state index contributed by atoms with van der Waals surface area (Å²) in [6, 6.07) is 0.103. The van der Waals surface area contributed by atoms with Gasteiger partial charge in [0.2, 0.25) is 11.8 Å². The van der Waals surface area contributed by atoms with E-state index < -0.39 is 0 Å². The lowest BCUT2D eigenvalue weighted by atomic mass is 10.0. The summed E-state index contributed by atoms with van der Waals surface area (Å²) in [4.78, 5) is 24.6. The predicted molar refractivity (Wildman–Crippen MR) is 74.2 cm³/mol. The Hall–Kier alpha value is -1.14. The highest BCUT2D eigenvalue weighted by Crippen LogP contribution is 2.10. The third-order valence-electron chi connectivity index (χ3n) is 3.61. The van der Waals surface area contributed by atoms with Gasteiger partial charge in [-0.05, 0) is 18.8 Å². The fourth-order valence-electron chi connectivity index (χ4n) is 2.19. The van der Waals surface area contributed by atoms with Crippen LogP contribution in [0, 0.1) is 5.92 Å². The number of hydrogen-bond donors (Lipinski definition) is 3. The number of rotatable bonds is 6. The van der Waals surface area contributed by atoms with Gasteiger partial charge in [0.25, 0.3) is 0 Å². The van der Waals surface area contributed by atoms with E-state index in [0.717, 1.165) is 25.9 Å². The number of nitrogens with zero attached hydrogens (tertiary/aromatic N) is 1. The molecular weight excluding hydrogens is 244 g/mol. The first-order valence-electron chi connectivity index (χ1n) is 6.94. The van der Waals surface area contributed by atoms with Crippen LogP contribution < -0.4 is 16.8 Å². The summed E-state index contributed by atoms with van der Waals surface area (Å²) in [5, 5.41) is 3.02. The molecule has 0 bridgehead atoms. The molecule has 1 aliphatic heterocycles. The van der Waals surface area contributed by atoms with E-state index >= 15 is 0 Å². The first kappa shape index (κ1) is 15.9. The van der Waals surface area contributed by atoms with Crippen LogP contribution in [0.5, 0.6) is 0 Å². The van der Waals surface area contributed by atoms with E-state index in [-0.39, 0.29) is 23.9 Å². The van der Waals surface area contributed by atoms with Crippen molar-refractivity contribution in [3.8, 4) is 0 Å². The Morgan fingerprint density at radius 1 is 1.32 bits per heavy atom. The molecule has 6 nitrogen and oxygen atoms in total. The summed E-state index contributed by atoms with van der Waals surface area (Å²) in [6.45, 7) is 5.92. The Morgan fingerprint density at radius 2 is 1.89 bits per heavy atom. The molecule has 1 aliphatic rings. The molecule has 0 aromatic carbocycles. The molecule has 1 saturated heterocycles. The summed E-state index contributed by atoms with van der Waals surface area (Å²) >= 11 is 0. The molecule has 0 spiro atoms. The van der Waals surface area contributed by atoms with Crippen LogP contribution in [0.2, 0.25) is 0 Å². The van der Waals surface area contributed by atoms with Gasteiger partial charge < -0.3 is 16.8 Å². The van der Waals surface area contributed by atoms with Gasteiger partial charge in [-0.1, -0.05) is 13.8 Å². The second-order valence-electron chi connectivity index (χ2n) is 5.70. The summed E-state index contributed by atoms with van der Waals surface area (Å²) in [5.74, 6) is 0.0307. The van der Waals surface area contributed by atoms with E-state index in [4.69, 9.17) is 11.5 Å². The van der Waals surface area contributed by atoms with Crippen molar-refractivity contribution >= 4 is 11.8 Å². The molecule has 0 aliphatic carbocycles. The Kier molecular flexibility index (Phi) is 6.24. The van der Waals surface area contributed by atoms with Crippen molar-refractivity contribution in [2.24, 2.45) is 17.4 Å². The first-order valence-corrected chi connectivity index (χ1v) is 6.94. The minimum atomic E-state index is -0.301. The van der Waals surface area contributed by atoms with Gasteiger partial charge in [0.15, 0.2) is 0 Å². The van der Waals surface area contributed by atoms with Crippen LogP contribution >= 0.6 is 0 Å². The van der Waals surface area contributed by atoms with E-state index in [1.54, 1.807) is 0 Å². The van der Waals surface area contributed by atoms with Gasteiger partial charge in [0.1, 0.15) is 0 Å². The molecule has 0 aromatic heterocycles. The minimum absolute atomic E-state index is 0.0227. The highest BCUT2D eigenvalue weighted by molar-refractivity contribution is 5.77.